The van der Waals surface area contributed by atoms with Gasteiger partial charge in [-0.05, 0) is 68.2 Å². The van der Waals surface area contributed by atoms with Crippen molar-refractivity contribution in [3.8, 4) is 0 Å². The van der Waals surface area contributed by atoms with Crippen molar-refractivity contribution >= 4 is 28.4 Å². The van der Waals surface area contributed by atoms with Crippen LogP contribution in [0.4, 0.5) is 8.78 Å². The third kappa shape index (κ3) is 4.70. The maximum atomic E-state index is 14.1. The molecule has 1 saturated heterocycles. The van der Waals surface area contributed by atoms with Gasteiger partial charge in [0.25, 0.3) is 5.56 Å². The van der Waals surface area contributed by atoms with Gasteiger partial charge in [-0.15, -0.1) is 0 Å². The lowest BCUT2D eigenvalue weighted by atomic mass is 9.91. The van der Waals surface area contributed by atoms with Gasteiger partial charge in [-0.2, -0.15) is 11.8 Å². The number of hydrogen-bond acceptors (Lipinski definition) is 6. The second-order valence-corrected chi connectivity index (χ2v) is 11.2. The third-order valence-electron chi connectivity index (χ3n) is 7.58. The van der Waals surface area contributed by atoms with E-state index in [9.17, 15) is 18.4 Å². The van der Waals surface area contributed by atoms with E-state index in [4.69, 9.17) is 0 Å². The smallest absolute Gasteiger partial charge is 0.308 e. The molecule has 194 valence electrons. The summed E-state index contributed by atoms with van der Waals surface area (Å²) in [4.78, 5) is 35.8. The second-order valence-electron chi connectivity index (χ2n) is 9.93. The number of fused-ring (bicyclic) bond motifs is 2. The van der Waals surface area contributed by atoms with E-state index in [0.29, 0.717) is 25.0 Å². The Morgan fingerprint density at radius 1 is 0.946 bits per heavy atom. The van der Waals surface area contributed by atoms with Crippen LogP contribution in [-0.2, 0) is 6.54 Å². The second kappa shape index (κ2) is 10.0. The summed E-state index contributed by atoms with van der Waals surface area (Å²) in [6.07, 6.45) is 8.85. The fourth-order valence-electron chi connectivity index (χ4n) is 5.69. The molecule has 0 unspecified atom stereocenters. The molecule has 6 rings (SSSR count). The predicted molar refractivity (Wildman–Crippen MR) is 139 cm³/mol. The molecular weight excluding hydrogens is 498 g/mol. The Morgan fingerprint density at radius 2 is 1.70 bits per heavy atom. The SMILES string of the molecule is O=c1c2cc(F)cnc2n(C2CCSCC2)c(=O)n1[C@H]1CC[C@@H](NCc2cn3cc(F)ccc3n2)CC1. The van der Waals surface area contributed by atoms with Crippen LogP contribution in [0, 0.1) is 11.6 Å². The van der Waals surface area contributed by atoms with E-state index >= 15 is 0 Å². The molecule has 2 aliphatic rings. The highest BCUT2D eigenvalue weighted by atomic mass is 32.2. The molecule has 1 aliphatic heterocycles. The molecule has 0 spiro atoms. The number of hydrogen-bond donors (Lipinski definition) is 1. The Kier molecular flexibility index (Phi) is 6.58. The summed E-state index contributed by atoms with van der Waals surface area (Å²) >= 11 is 1.85. The molecule has 37 heavy (non-hydrogen) atoms. The maximum absolute atomic E-state index is 14.1. The average Bonchev–Trinajstić information content (AvgIpc) is 3.31. The van der Waals surface area contributed by atoms with Crippen LogP contribution in [0.25, 0.3) is 16.7 Å². The molecule has 0 aromatic carbocycles. The van der Waals surface area contributed by atoms with Crippen LogP contribution >= 0.6 is 11.8 Å². The minimum Gasteiger partial charge on any atom is -0.308 e. The van der Waals surface area contributed by atoms with Gasteiger partial charge in [0, 0.05) is 37.1 Å². The van der Waals surface area contributed by atoms with E-state index in [0.717, 1.165) is 49.1 Å². The van der Waals surface area contributed by atoms with Gasteiger partial charge in [-0.3, -0.25) is 13.9 Å². The molecule has 0 bridgehead atoms. The zero-order valence-corrected chi connectivity index (χ0v) is 21.1. The summed E-state index contributed by atoms with van der Waals surface area (Å²) < 4.78 is 32.2. The highest BCUT2D eigenvalue weighted by Gasteiger charge is 2.29. The largest absolute Gasteiger partial charge is 0.333 e. The van der Waals surface area contributed by atoms with E-state index in [2.05, 4.69) is 15.3 Å². The van der Waals surface area contributed by atoms with E-state index in [1.165, 1.54) is 22.9 Å². The van der Waals surface area contributed by atoms with E-state index in [1.54, 1.807) is 15.0 Å². The van der Waals surface area contributed by atoms with Crippen molar-refractivity contribution in [2.45, 2.75) is 63.2 Å². The van der Waals surface area contributed by atoms with Gasteiger partial charge in [0.15, 0.2) is 0 Å². The Hall–Kier alpha value is -3.05. The molecule has 0 radical (unpaired) electrons. The van der Waals surface area contributed by atoms with E-state index in [1.807, 2.05) is 18.0 Å². The van der Waals surface area contributed by atoms with Gasteiger partial charge in [-0.25, -0.2) is 23.5 Å². The Morgan fingerprint density at radius 3 is 2.49 bits per heavy atom. The number of nitrogens with zero attached hydrogens (tertiary/aromatic N) is 5. The topological polar surface area (TPSA) is 86.2 Å². The molecule has 1 saturated carbocycles. The number of nitrogens with one attached hydrogen (secondary N) is 1. The summed E-state index contributed by atoms with van der Waals surface area (Å²) in [5, 5.41) is 3.68. The van der Waals surface area contributed by atoms with Crippen LogP contribution in [0.2, 0.25) is 0 Å². The molecule has 8 nitrogen and oxygen atoms in total. The summed E-state index contributed by atoms with van der Waals surface area (Å²) in [6, 6.07) is 4.17. The maximum Gasteiger partial charge on any atom is 0.333 e. The average molecular weight is 527 g/mol. The molecule has 1 N–H and O–H groups in total. The Labute approximate surface area is 215 Å². The van der Waals surface area contributed by atoms with Crippen molar-refractivity contribution in [1.29, 1.82) is 0 Å². The molecule has 4 aromatic rings. The van der Waals surface area contributed by atoms with Crippen LogP contribution in [0.1, 0.15) is 56.3 Å². The monoisotopic (exact) mass is 526 g/mol. The molecular formula is C26H28F2N6O2S. The van der Waals surface area contributed by atoms with Crippen LogP contribution < -0.4 is 16.6 Å². The van der Waals surface area contributed by atoms with E-state index < -0.39 is 11.4 Å². The summed E-state index contributed by atoms with van der Waals surface area (Å²) in [5.41, 5.74) is 1.01. The zero-order chi connectivity index (χ0) is 25.5. The van der Waals surface area contributed by atoms with Crippen molar-refractivity contribution in [2.75, 3.05) is 11.5 Å². The van der Waals surface area contributed by atoms with Gasteiger partial charge in [0.2, 0.25) is 0 Å². The summed E-state index contributed by atoms with van der Waals surface area (Å²) in [7, 11) is 0. The Balaban J connectivity index is 1.22. The lowest BCUT2D eigenvalue weighted by Crippen LogP contribution is -2.46. The van der Waals surface area contributed by atoms with Crippen LogP contribution in [0.3, 0.4) is 0 Å². The first-order valence-electron chi connectivity index (χ1n) is 12.7. The number of pyridine rings is 2. The quantitative estimate of drug-likeness (QED) is 0.426. The van der Waals surface area contributed by atoms with Crippen LogP contribution in [0.15, 0.2) is 46.4 Å². The number of rotatable bonds is 5. The first-order valence-corrected chi connectivity index (χ1v) is 13.9. The molecule has 1 aliphatic carbocycles. The van der Waals surface area contributed by atoms with Gasteiger partial charge >= 0.3 is 5.69 Å². The van der Waals surface area contributed by atoms with Crippen molar-refractivity contribution in [1.82, 2.24) is 28.8 Å². The number of thioether (sulfide) groups is 1. The Bertz CT molecular complexity index is 1570. The van der Waals surface area contributed by atoms with Crippen LogP contribution in [-0.4, -0.2) is 41.1 Å². The minimum absolute atomic E-state index is 0.0435. The summed E-state index contributed by atoms with van der Waals surface area (Å²) in [5.74, 6) is 0.989. The zero-order valence-electron chi connectivity index (χ0n) is 20.3. The molecule has 5 heterocycles. The fourth-order valence-corrected chi connectivity index (χ4v) is 6.77. The molecule has 2 fully saturated rings. The molecule has 0 atom stereocenters. The van der Waals surface area contributed by atoms with Gasteiger partial charge < -0.3 is 9.72 Å². The van der Waals surface area contributed by atoms with Gasteiger partial charge in [0.05, 0.1) is 17.3 Å². The first kappa shape index (κ1) is 24.3. The number of aromatic nitrogens is 5. The predicted octanol–water partition coefficient (Wildman–Crippen LogP) is 3.83. The number of imidazole rings is 1. The molecule has 0 amide bonds. The third-order valence-corrected chi connectivity index (χ3v) is 8.63. The number of halogens is 2. The van der Waals surface area contributed by atoms with Crippen LogP contribution in [0.5, 0.6) is 0 Å². The normalized spacial score (nSPS) is 21.1. The van der Waals surface area contributed by atoms with Gasteiger partial charge in [0.1, 0.15) is 22.9 Å². The lowest BCUT2D eigenvalue weighted by Gasteiger charge is -2.31. The highest BCUT2D eigenvalue weighted by molar-refractivity contribution is 7.99. The standard InChI is InChI=1S/C26H28F2N6O2S/c27-16-1-6-23-31-19(15-32(23)14-16)13-29-18-2-4-20(5-3-18)34-25(35)22-11-17(28)12-30-24(22)33(26(34)36)21-7-9-37-10-8-21/h1,6,11-12,14-15,18,20-21,29H,2-5,7-10,13H2/t18-,20+. The van der Waals surface area contributed by atoms with Crippen molar-refractivity contribution < 1.29 is 8.78 Å². The summed E-state index contributed by atoms with van der Waals surface area (Å²) in [6.45, 7) is 0.548. The van der Waals surface area contributed by atoms with Crippen molar-refractivity contribution in [3.63, 3.8) is 0 Å². The first-order chi connectivity index (χ1) is 18.0. The highest BCUT2D eigenvalue weighted by Crippen LogP contribution is 2.30. The van der Waals surface area contributed by atoms with Crippen molar-refractivity contribution in [2.24, 2.45) is 0 Å². The van der Waals surface area contributed by atoms with E-state index in [-0.39, 0.29) is 40.7 Å². The molecule has 11 heteroatoms. The lowest BCUT2D eigenvalue weighted by molar-refractivity contribution is 0.274. The minimum atomic E-state index is -0.580. The fraction of sp³-hybridized carbons (Fsp3) is 0.462. The van der Waals surface area contributed by atoms with Gasteiger partial charge in [-0.1, -0.05) is 0 Å². The van der Waals surface area contributed by atoms with Crippen molar-refractivity contribution in [3.05, 3.63) is 75.0 Å². The molecule has 4 aromatic heterocycles.